The van der Waals surface area contributed by atoms with Crippen LogP contribution in [0.4, 0.5) is 0 Å². The van der Waals surface area contributed by atoms with E-state index in [1.165, 1.54) is 0 Å². The van der Waals surface area contributed by atoms with Crippen LogP contribution in [-0.2, 0) is 6.42 Å². The summed E-state index contributed by atoms with van der Waals surface area (Å²) in [6.07, 6.45) is 2.50. The minimum Gasteiger partial charge on any atom is -0.385 e. The summed E-state index contributed by atoms with van der Waals surface area (Å²) in [5, 5.41) is 13.1. The van der Waals surface area contributed by atoms with E-state index in [9.17, 15) is 5.11 Å². The molecule has 0 amide bonds. The highest BCUT2D eigenvalue weighted by molar-refractivity contribution is 6.31. The van der Waals surface area contributed by atoms with Gasteiger partial charge >= 0.3 is 0 Å². The molecule has 2 nitrogen and oxygen atoms in total. The van der Waals surface area contributed by atoms with E-state index in [4.69, 9.17) is 23.2 Å². The molecule has 140 valence electrons. The van der Waals surface area contributed by atoms with E-state index in [0.29, 0.717) is 16.5 Å². The van der Waals surface area contributed by atoms with Crippen molar-refractivity contribution in [1.82, 2.24) is 4.90 Å². The van der Waals surface area contributed by atoms with Crippen molar-refractivity contribution in [3.8, 4) is 0 Å². The van der Waals surface area contributed by atoms with Gasteiger partial charge in [0.15, 0.2) is 0 Å². The highest BCUT2D eigenvalue weighted by Gasteiger charge is 2.36. The predicted octanol–water partition coefficient (Wildman–Crippen LogP) is 5.57. The molecule has 1 N–H and O–H groups in total. The van der Waals surface area contributed by atoms with Crippen molar-refractivity contribution in [2.45, 2.75) is 25.9 Å². The van der Waals surface area contributed by atoms with Gasteiger partial charge in [0.25, 0.3) is 0 Å². The average Bonchev–Trinajstić information content (AvgIpc) is 2.58. The smallest absolute Gasteiger partial charge is 0.0935 e. The Morgan fingerprint density at radius 2 is 1.73 bits per heavy atom. The van der Waals surface area contributed by atoms with Crippen LogP contribution in [0.2, 0.25) is 10.0 Å². The first-order valence-corrected chi connectivity index (χ1v) is 9.53. The predicted molar refractivity (Wildman–Crippen MR) is 113 cm³/mol. The molecule has 0 heterocycles. The van der Waals surface area contributed by atoms with E-state index in [1.54, 1.807) is 0 Å². The van der Waals surface area contributed by atoms with Crippen LogP contribution in [0.15, 0.2) is 54.1 Å². The van der Waals surface area contributed by atoms with Crippen LogP contribution >= 0.6 is 23.2 Å². The molecule has 26 heavy (non-hydrogen) atoms. The van der Waals surface area contributed by atoms with E-state index in [1.807, 2.05) is 75.6 Å². The molecule has 0 radical (unpaired) electrons. The lowest BCUT2D eigenvalue weighted by atomic mass is 9.77. The number of benzene rings is 2. The van der Waals surface area contributed by atoms with Crippen LogP contribution in [0.1, 0.15) is 25.0 Å². The third-order valence-electron chi connectivity index (χ3n) is 4.81. The van der Waals surface area contributed by atoms with Crippen LogP contribution in [-0.4, -0.2) is 36.2 Å². The zero-order valence-electron chi connectivity index (χ0n) is 15.8. The standard InChI is InChI=1S/C22H27Cl2NO/c1-16(13-18-9-11-20(23)12-10-18)22(26,17(2)15-25(3)4)14-19-7-5-6-8-21(19)24/h5-13,17,26H,14-15H2,1-4H3. The molecule has 2 atom stereocenters. The lowest BCUT2D eigenvalue weighted by molar-refractivity contribution is 0.0150. The van der Waals surface area contributed by atoms with Crippen molar-refractivity contribution < 1.29 is 5.11 Å². The lowest BCUT2D eigenvalue weighted by Crippen LogP contribution is -2.44. The van der Waals surface area contributed by atoms with Crippen LogP contribution in [0.25, 0.3) is 6.08 Å². The van der Waals surface area contributed by atoms with Gasteiger partial charge in [0.05, 0.1) is 5.60 Å². The van der Waals surface area contributed by atoms with Crippen molar-refractivity contribution in [1.29, 1.82) is 0 Å². The molecule has 0 saturated heterocycles. The summed E-state index contributed by atoms with van der Waals surface area (Å²) in [5.74, 6) is 0.0253. The molecule has 0 spiro atoms. The molecule has 0 aromatic heterocycles. The zero-order valence-corrected chi connectivity index (χ0v) is 17.3. The number of hydrogen-bond acceptors (Lipinski definition) is 2. The number of rotatable bonds is 7. The SMILES string of the molecule is CC(=Cc1ccc(Cl)cc1)C(O)(Cc1ccccc1Cl)C(C)CN(C)C. The van der Waals surface area contributed by atoms with Crippen LogP contribution in [0.3, 0.4) is 0 Å². The second-order valence-corrected chi connectivity index (χ2v) is 8.08. The molecule has 2 unspecified atom stereocenters. The second kappa shape index (κ2) is 9.05. The molecular weight excluding hydrogens is 365 g/mol. The first kappa shape index (κ1) is 21.0. The Balaban J connectivity index is 2.41. The monoisotopic (exact) mass is 391 g/mol. The Labute approximate surface area is 167 Å². The Bertz CT molecular complexity index is 755. The molecule has 0 fully saturated rings. The summed E-state index contributed by atoms with van der Waals surface area (Å²) >= 11 is 12.3. The van der Waals surface area contributed by atoms with E-state index in [0.717, 1.165) is 23.2 Å². The minimum atomic E-state index is -1.01. The van der Waals surface area contributed by atoms with Gasteiger partial charge in [-0.3, -0.25) is 0 Å². The van der Waals surface area contributed by atoms with Gasteiger partial charge in [-0.2, -0.15) is 0 Å². The highest BCUT2D eigenvalue weighted by atomic mass is 35.5. The van der Waals surface area contributed by atoms with Crippen molar-refractivity contribution >= 4 is 29.3 Å². The maximum Gasteiger partial charge on any atom is 0.0935 e. The quantitative estimate of drug-likeness (QED) is 0.666. The van der Waals surface area contributed by atoms with Crippen molar-refractivity contribution in [3.05, 3.63) is 75.3 Å². The van der Waals surface area contributed by atoms with E-state index < -0.39 is 5.60 Å². The molecule has 2 rings (SSSR count). The third kappa shape index (κ3) is 5.34. The van der Waals surface area contributed by atoms with Gasteiger partial charge < -0.3 is 10.0 Å². The van der Waals surface area contributed by atoms with Gasteiger partial charge in [-0.15, -0.1) is 0 Å². The normalized spacial score (nSPS) is 15.8. The van der Waals surface area contributed by atoms with Gasteiger partial charge in [0.1, 0.15) is 0 Å². The Morgan fingerprint density at radius 1 is 1.12 bits per heavy atom. The zero-order chi connectivity index (χ0) is 19.3. The topological polar surface area (TPSA) is 23.5 Å². The fourth-order valence-electron chi connectivity index (χ4n) is 3.27. The van der Waals surface area contributed by atoms with E-state index in [2.05, 4.69) is 11.8 Å². The maximum atomic E-state index is 11.7. The summed E-state index contributed by atoms with van der Waals surface area (Å²) in [6.45, 7) is 4.83. The molecule has 2 aromatic rings. The Hall–Kier alpha value is -1.32. The Morgan fingerprint density at radius 3 is 2.31 bits per heavy atom. The summed E-state index contributed by atoms with van der Waals surface area (Å²) in [7, 11) is 4.04. The van der Waals surface area contributed by atoms with Gasteiger partial charge in [-0.25, -0.2) is 0 Å². The van der Waals surface area contributed by atoms with Crippen molar-refractivity contribution in [3.63, 3.8) is 0 Å². The summed E-state index contributed by atoms with van der Waals surface area (Å²) in [6, 6.07) is 15.3. The number of aliphatic hydroxyl groups is 1. The maximum absolute atomic E-state index is 11.7. The van der Waals surface area contributed by atoms with Gasteiger partial charge in [0, 0.05) is 28.9 Å². The average molecular weight is 392 g/mol. The summed E-state index contributed by atoms with van der Waals surface area (Å²) in [5.41, 5.74) is 1.87. The summed E-state index contributed by atoms with van der Waals surface area (Å²) < 4.78 is 0. The molecule has 0 aliphatic carbocycles. The molecule has 4 heteroatoms. The number of hydrogen-bond donors (Lipinski definition) is 1. The molecule has 2 aromatic carbocycles. The molecule has 0 bridgehead atoms. The number of halogens is 2. The lowest BCUT2D eigenvalue weighted by Gasteiger charge is -2.37. The van der Waals surface area contributed by atoms with Crippen LogP contribution in [0.5, 0.6) is 0 Å². The first-order valence-electron chi connectivity index (χ1n) is 8.77. The molecule has 0 aliphatic rings. The highest BCUT2D eigenvalue weighted by Crippen LogP contribution is 2.34. The molecule has 0 aliphatic heterocycles. The van der Waals surface area contributed by atoms with Crippen LogP contribution in [0, 0.1) is 5.92 Å². The van der Waals surface area contributed by atoms with Gasteiger partial charge in [-0.1, -0.05) is 66.5 Å². The largest absolute Gasteiger partial charge is 0.385 e. The Kier molecular flexibility index (Phi) is 7.31. The number of nitrogens with zero attached hydrogens (tertiary/aromatic N) is 1. The van der Waals surface area contributed by atoms with Gasteiger partial charge in [0.2, 0.25) is 0 Å². The third-order valence-corrected chi connectivity index (χ3v) is 5.43. The fraction of sp³-hybridized carbons (Fsp3) is 0.364. The second-order valence-electron chi connectivity index (χ2n) is 7.23. The molecular formula is C22H27Cl2NO. The first-order chi connectivity index (χ1) is 12.2. The van der Waals surface area contributed by atoms with Crippen molar-refractivity contribution in [2.24, 2.45) is 5.92 Å². The van der Waals surface area contributed by atoms with E-state index in [-0.39, 0.29) is 5.92 Å². The van der Waals surface area contributed by atoms with E-state index >= 15 is 0 Å². The fourth-order valence-corrected chi connectivity index (χ4v) is 3.60. The van der Waals surface area contributed by atoms with Gasteiger partial charge in [-0.05, 0) is 55.9 Å². The van der Waals surface area contributed by atoms with Crippen molar-refractivity contribution in [2.75, 3.05) is 20.6 Å². The summed E-state index contributed by atoms with van der Waals surface area (Å²) in [4.78, 5) is 2.10. The molecule has 0 saturated carbocycles. The minimum absolute atomic E-state index is 0.0253. The van der Waals surface area contributed by atoms with Crippen LogP contribution < -0.4 is 0 Å².